The van der Waals surface area contributed by atoms with Gasteiger partial charge in [0.15, 0.2) is 5.60 Å². The summed E-state index contributed by atoms with van der Waals surface area (Å²) in [5, 5.41) is 9.06. The van der Waals surface area contributed by atoms with Crippen LogP contribution in [0.5, 0.6) is 0 Å². The van der Waals surface area contributed by atoms with Gasteiger partial charge in [-0.05, 0) is 0 Å². The predicted molar refractivity (Wildman–Crippen MR) is 100 cm³/mol. The van der Waals surface area contributed by atoms with Gasteiger partial charge in [-0.2, -0.15) is 5.26 Å². The van der Waals surface area contributed by atoms with Crippen LogP contribution in [0, 0.1) is 11.3 Å². The fourth-order valence-electron chi connectivity index (χ4n) is 2.94. The number of esters is 1. The molecule has 0 unspecified atom stereocenters. The molecule has 0 radical (unpaired) electrons. The maximum absolute atomic E-state index is 12.6. The van der Waals surface area contributed by atoms with Crippen molar-refractivity contribution in [3.05, 3.63) is 120 Å². The lowest BCUT2D eigenvalue weighted by Gasteiger charge is -2.35. The highest BCUT2D eigenvalue weighted by molar-refractivity contribution is 5.92. The van der Waals surface area contributed by atoms with Gasteiger partial charge in [0, 0.05) is 16.7 Å². The molecule has 3 rings (SSSR count). The zero-order valence-corrected chi connectivity index (χ0v) is 14.1. The molecular formula is C23H17NO2. The molecule has 3 aromatic rings. The second-order valence-electron chi connectivity index (χ2n) is 5.76. The van der Waals surface area contributed by atoms with Gasteiger partial charge in [0.1, 0.15) is 11.6 Å². The van der Waals surface area contributed by atoms with Crippen LogP contribution in [0.1, 0.15) is 16.7 Å². The monoisotopic (exact) mass is 339 g/mol. The largest absolute Gasteiger partial charge is 0.440 e. The van der Waals surface area contributed by atoms with Crippen LogP contribution in [0.4, 0.5) is 0 Å². The average Bonchev–Trinajstić information content (AvgIpc) is 2.73. The Morgan fingerprint density at radius 2 is 1.12 bits per heavy atom. The number of hydrogen-bond acceptors (Lipinski definition) is 3. The van der Waals surface area contributed by atoms with Gasteiger partial charge in [0.05, 0.1) is 0 Å². The van der Waals surface area contributed by atoms with E-state index in [0.717, 1.165) is 16.7 Å². The number of rotatable bonds is 5. The summed E-state index contributed by atoms with van der Waals surface area (Å²) in [7, 11) is 0. The lowest BCUT2D eigenvalue weighted by molar-refractivity contribution is -0.148. The van der Waals surface area contributed by atoms with E-state index in [9.17, 15) is 4.79 Å². The van der Waals surface area contributed by atoms with Gasteiger partial charge in [-0.1, -0.05) is 97.6 Å². The molecule has 3 nitrogen and oxygen atoms in total. The summed E-state index contributed by atoms with van der Waals surface area (Å²) < 4.78 is 5.99. The summed E-state index contributed by atoms with van der Waals surface area (Å²) in [5.74, 6) is -0.746. The molecule has 0 aliphatic rings. The first-order valence-electron chi connectivity index (χ1n) is 8.17. The van der Waals surface area contributed by atoms with E-state index in [1.807, 2.05) is 91.0 Å². The maximum Gasteiger partial charge on any atom is 0.349 e. The first-order valence-corrected chi connectivity index (χ1v) is 8.17. The minimum absolute atomic E-state index is 0.239. The van der Waals surface area contributed by atoms with E-state index in [1.165, 1.54) is 0 Å². The van der Waals surface area contributed by atoms with Crippen LogP contribution in [-0.2, 0) is 15.1 Å². The molecule has 0 saturated heterocycles. The summed E-state index contributed by atoms with van der Waals surface area (Å²) >= 11 is 0. The normalized spacial score (nSPS) is 10.6. The SMILES string of the molecule is C=C(C#N)C(=O)OC(c1ccccc1)(c1ccccc1)c1ccccc1. The van der Waals surface area contributed by atoms with E-state index in [-0.39, 0.29) is 5.57 Å². The summed E-state index contributed by atoms with van der Waals surface area (Å²) in [6.07, 6.45) is 0. The fourth-order valence-corrected chi connectivity index (χ4v) is 2.94. The lowest BCUT2D eigenvalue weighted by Crippen LogP contribution is -2.35. The van der Waals surface area contributed by atoms with Crippen LogP contribution in [0.3, 0.4) is 0 Å². The van der Waals surface area contributed by atoms with Crippen molar-refractivity contribution < 1.29 is 9.53 Å². The number of nitrogens with zero attached hydrogens (tertiary/aromatic N) is 1. The molecule has 0 aliphatic carbocycles. The Kier molecular flexibility index (Phi) is 4.96. The predicted octanol–water partition coefficient (Wildman–Crippen LogP) is 4.60. The zero-order chi connectivity index (χ0) is 18.4. The van der Waals surface area contributed by atoms with Crippen molar-refractivity contribution in [1.82, 2.24) is 0 Å². The van der Waals surface area contributed by atoms with Crippen molar-refractivity contribution in [2.24, 2.45) is 0 Å². The number of ether oxygens (including phenoxy) is 1. The Morgan fingerprint density at radius 1 is 0.769 bits per heavy atom. The molecule has 0 amide bonds. The Morgan fingerprint density at radius 3 is 1.42 bits per heavy atom. The van der Waals surface area contributed by atoms with Crippen LogP contribution in [0.15, 0.2) is 103 Å². The highest BCUT2D eigenvalue weighted by Gasteiger charge is 2.40. The van der Waals surface area contributed by atoms with Gasteiger partial charge in [-0.15, -0.1) is 0 Å². The fraction of sp³-hybridized carbons (Fsp3) is 0.0435. The zero-order valence-electron chi connectivity index (χ0n) is 14.1. The minimum Gasteiger partial charge on any atom is -0.440 e. The first kappa shape index (κ1) is 17.2. The molecular weight excluding hydrogens is 322 g/mol. The van der Waals surface area contributed by atoms with Gasteiger partial charge in [0.25, 0.3) is 0 Å². The smallest absolute Gasteiger partial charge is 0.349 e. The van der Waals surface area contributed by atoms with Crippen LogP contribution in [-0.4, -0.2) is 5.97 Å². The molecule has 126 valence electrons. The standard InChI is InChI=1S/C23H17NO2/c1-18(17-24)22(25)26-23(19-11-5-2-6-12-19,20-13-7-3-8-14-20)21-15-9-4-10-16-21/h2-16H,1H2. The molecule has 0 bridgehead atoms. The molecule has 0 saturated carbocycles. The number of carbonyl (C=O) groups is 1. The van der Waals surface area contributed by atoms with Gasteiger partial charge >= 0.3 is 5.97 Å². The van der Waals surface area contributed by atoms with Gasteiger partial charge in [-0.25, -0.2) is 4.79 Å². The van der Waals surface area contributed by atoms with E-state index >= 15 is 0 Å². The third-order valence-electron chi connectivity index (χ3n) is 4.17. The molecule has 0 heterocycles. The summed E-state index contributed by atoms with van der Waals surface area (Å²) in [6.45, 7) is 3.50. The van der Waals surface area contributed by atoms with E-state index in [1.54, 1.807) is 6.07 Å². The highest BCUT2D eigenvalue weighted by Crippen LogP contribution is 2.40. The van der Waals surface area contributed by atoms with E-state index in [4.69, 9.17) is 10.00 Å². The second-order valence-corrected chi connectivity index (χ2v) is 5.76. The molecule has 3 aromatic carbocycles. The molecule has 0 N–H and O–H groups in total. The topological polar surface area (TPSA) is 50.1 Å². The maximum atomic E-state index is 12.6. The van der Waals surface area contributed by atoms with E-state index in [0.29, 0.717) is 0 Å². The quantitative estimate of drug-likeness (QED) is 0.295. The van der Waals surface area contributed by atoms with Gasteiger partial charge in [-0.3, -0.25) is 0 Å². The van der Waals surface area contributed by atoms with E-state index in [2.05, 4.69) is 6.58 Å². The van der Waals surface area contributed by atoms with Crippen LogP contribution in [0.2, 0.25) is 0 Å². The number of nitriles is 1. The average molecular weight is 339 g/mol. The summed E-state index contributed by atoms with van der Waals surface area (Å²) in [4.78, 5) is 12.6. The molecule has 0 fully saturated rings. The molecule has 0 atom stereocenters. The van der Waals surface area contributed by atoms with Crippen molar-refractivity contribution in [2.45, 2.75) is 5.60 Å². The van der Waals surface area contributed by atoms with Crippen molar-refractivity contribution in [3.8, 4) is 6.07 Å². The van der Waals surface area contributed by atoms with Crippen LogP contribution >= 0.6 is 0 Å². The van der Waals surface area contributed by atoms with Crippen molar-refractivity contribution in [2.75, 3.05) is 0 Å². The van der Waals surface area contributed by atoms with Gasteiger partial charge < -0.3 is 4.74 Å². The third kappa shape index (κ3) is 3.13. The Hall–Kier alpha value is -3.64. The molecule has 0 aromatic heterocycles. The summed E-state index contributed by atoms with van der Waals surface area (Å²) in [6, 6.07) is 30.3. The molecule has 0 spiro atoms. The van der Waals surface area contributed by atoms with Crippen molar-refractivity contribution in [1.29, 1.82) is 5.26 Å². The van der Waals surface area contributed by atoms with Crippen molar-refractivity contribution in [3.63, 3.8) is 0 Å². The molecule has 0 aliphatic heterocycles. The molecule has 26 heavy (non-hydrogen) atoms. The van der Waals surface area contributed by atoms with Crippen LogP contribution < -0.4 is 0 Å². The first-order chi connectivity index (χ1) is 12.7. The van der Waals surface area contributed by atoms with Crippen LogP contribution in [0.25, 0.3) is 0 Å². The Balaban J connectivity index is 2.30. The van der Waals surface area contributed by atoms with Crippen molar-refractivity contribution >= 4 is 5.97 Å². The minimum atomic E-state index is -1.18. The Bertz CT molecular complexity index is 845. The third-order valence-corrected chi connectivity index (χ3v) is 4.17. The number of carbonyl (C=O) groups excluding carboxylic acids is 1. The van der Waals surface area contributed by atoms with E-state index < -0.39 is 11.6 Å². The molecule has 3 heteroatoms. The van der Waals surface area contributed by atoms with Gasteiger partial charge in [0.2, 0.25) is 0 Å². The Labute approximate surface area is 152 Å². The summed E-state index contributed by atoms with van der Waals surface area (Å²) in [5.41, 5.74) is 0.947. The highest BCUT2D eigenvalue weighted by atomic mass is 16.6. The second kappa shape index (κ2) is 7.50. The lowest BCUT2D eigenvalue weighted by atomic mass is 9.80. The number of benzene rings is 3. The number of hydrogen-bond donors (Lipinski definition) is 0.